The van der Waals surface area contributed by atoms with Crippen molar-refractivity contribution >= 4 is 17.6 Å². The van der Waals surface area contributed by atoms with Crippen molar-refractivity contribution < 1.29 is 19.8 Å². The molecule has 1 saturated heterocycles. The summed E-state index contributed by atoms with van der Waals surface area (Å²) >= 11 is 0. The second kappa shape index (κ2) is 16.7. The Hall–Kier alpha value is -3.71. The second-order valence-electron chi connectivity index (χ2n) is 13.6. The highest BCUT2D eigenvalue weighted by molar-refractivity contribution is 5.95. The molecule has 1 saturated carbocycles. The van der Waals surface area contributed by atoms with Crippen LogP contribution in [0.2, 0.25) is 0 Å². The molecule has 250 valence electrons. The lowest BCUT2D eigenvalue weighted by Crippen LogP contribution is -2.29. The van der Waals surface area contributed by atoms with Gasteiger partial charge in [0.05, 0.1) is 17.7 Å². The zero-order valence-electron chi connectivity index (χ0n) is 29.1. The number of benzene rings is 2. The van der Waals surface area contributed by atoms with Crippen LogP contribution >= 0.6 is 0 Å². The number of nitrogens with one attached hydrogen (secondary N) is 1. The fourth-order valence-electron chi connectivity index (χ4n) is 6.61. The quantitative estimate of drug-likeness (QED) is 0.243. The van der Waals surface area contributed by atoms with Gasteiger partial charge < -0.3 is 20.4 Å². The number of aliphatic hydroxyl groups is 1. The van der Waals surface area contributed by atoms with Crippen LogP contribution in [0.5, 0.6) is 0 Å². The number of hydrogen-bond donors (Lipinski definition) is 3. The van der Waals surface area contributed by atoms with Crippen LogP contribution in [0, 0.1) is 19.3 Å². The summed E-state index contributed by atoms with van der Waals surface area (Å²) in [5.74, 6) is -0.962. The topological polar surface area (TPSA) is 103 Å². The lowest BCUT2D eigenvalue weighted by Gasteiger charge is -2.31. The van der Waals surface area contributed by atoms with E-state index in [0.717, 1.165) is 58.8 Å². The number of aliphatic carboxylic acids is 1. The predicted molar refractivity (Wildman–Crippen MR) is 188 cm³/mol. The minimum absolute atomic E-state index is 0.0507. The Kier molecular flexibility index (Phi) is 13.4. The van der Waals surface area contributed by atoms with Crippen LogP contribution in [0.1, 0.15) is 112 Å². The van der Waals surface area contributed by atoms with Crippen LogP contribution < -0.4 is 10.2 Å². The number of hydrogen-bond acceptors (Lipinski definition) is 5. The van der Waals surface area contributed by atoms with E-state index in [0.29, 0.717) is 17.5 Å². The van der Waals surface area contributed by atoms with E-state index in [4.69, 9.17) is 10.1 Å². The molecular weight excluding hydrogens is 574 g/mol. The van der Waals surface area contributed by atoms with E-state index in [1.165, 1.54) is 38.5 Å². The Morgan fingerprint density at radius 1 is 0.891 bits per heavy atom. The number of carbonyl (C=O) groups excluding carboxylic acids is 1. The summed E-state index contributed by atoms with van der Waals surface area (Å²) in [5, 5.41) is 21.3. The van der Waals surface area contributed by atoms with Crippen LogP contribution in [-0.2, 0) is 17.8 Å². The molecule has 1 amide bonds. The number of anilines is 1. The molecule has 5 rings (SSSR count). The van der Waals surface area contributed by atoms with Crippen LogP contribution in [0.4, 0.5) is 5.69 Å². The number of carbonyl (C=O) groups is 2. The maximum absolute atomic E-state index is 12.8. The van der Waals surface area contributed by atoms with E-state index >= 15 is 0 Å². The first kappa shape index (κ1) is 36.8. The molecule has 1 aromatic heterocycles. The molecule has 0 unspecified atom stereocenters. The van der Waals surface area contributed by atoms with Crippen LogP contribution in [-0.4, -0.2) is 45.8 Å². The fraction of sp³-hybridized carbons (Fsp3) is 0.513. The smallest absolute Gasteiger partial charge is 0.307 e. The number of aryl methyl sites for hydroxylation is 2. The molecule has 7 heteroatoms. The molecule has 1 spiro atoms. The molecule has 0 radical (unpaired) electrons. The molecule has 3 aromatic rings. The van der Waals surface area contributed by atoms with Gasteiger partial charge in [-0.15, -0.1) is 0 Å². The molecule has 7 nitrogen and oxygen atoms in total. The van der Waals surface area contributed by atoms with Gasteiger partial charge in [-0.25, -0.2) is 0 Å². The van der Waals surface area contributed by atoms with Crippen molar-refractivity contribution in [2.75, 3.05) is 18.0 Å². The minimum Gasteiger partial charge on any atom is -0.481 e. The number of carboxylic acids is 1. The number of pyridine rings is 1. The monoisotopic (exact) mass is 629 g/mol. The highest BCUT2D eigenvalue weighted by atomic mass is 16.4. The van der Waals surface area contributed by atoms with Crippen molar-refractivity contribution in [2.45, 2.75) is 112 Å². The van der Waals surface area contributed by atoms with Crippen molar-refractivity contribution in [1.82, 2.24) is 10.3 Å². The molecule has 1 aliphatic carbocycles. The van der Waals surface area contributed by atoms with Gasteiger partial charge >= 0.3 is 5.97 Å². The van der Waals surface area contributed by atoms with Gasteiger partial charge in [0.15, 0.2) is 0 Å². The number of amides is 1. The Morgan fingerprint density at radius 2 is 1.48 bits per heavy atom. The molecule has 2 heterocycles. The van der Waals surface area contributed by atoms with Crippen molar-refractivity contribution in [3.05, 3.63) is 82.7 Å². The van der Waals surface area contributed by atoms with Gasteiger partial charge in [0.25, 0.3) is 5.91 Å². The first-order valence-electron chi connectivity index (χ1n) is 17.0. The maximum Gasteiger partial charge on any atom is 0.307 e. The number of aromatic nitrogens is 1. The lowest BCUT2D eigenvalue weighted by molar-refractivity contribution is -0.136. The van der Waals surface area contributed by atoms with Gasteiger partial charge in [-0.2, -0.15) is 0 Å². The van der Waals surface area contributed by atoms with Crippen molar-refractivity contribution in [1.29, 1.82) is 0 Å². The molecule has 2 aliphatic rings. The SMILES string of the molecule is CC.CC(C)(C)O.Cc1nc(C)c(-c2ccc(C(=O)NCc3ccccc3)cc2)c(N2CCC3(CCCCCC3)C2)c1CC(=O)O. The molecule has 0 atom stereocenters. The first-order valence-corrected chi connectivity index (χ1v) is 17.0. The summed E-state index contributed by atoms with van der Waals surface area (Å²) < 4.78 is 0. The first-order chi connectivity index (χ1) is 21.8. The number of nitrogens with zero attached hydrogens (tertiary/aromatic N) is 2. The summed E-state index contributed by atoms with van der Waals surface area (Å²) in [6, 6.07) is 17.5. The van der Waals surface area contributed by atoms with Crippen molar-refractivity contribution in [3.8, 4) is 11.1 Å². The summed E-state index contributed by atoms with van der Waals surface area (Å²) in [6.07, 6.45) is 8.80. The summed E-state index contributed by atoms with van der Waals surface area (Å²) in [5.41, 5.74) is 6.91. The highest BCUT2D eigenvalue weighted by Crippen LogP contribution is 2.47. The number of carboxylic acid groups (broad SMARTS) is 1. The van der Waals surface area contributed by atoms with Crippen LogP contribution in [0.15, 0.2) is 54.6 Å². The van der Waals surface area contributed by atoms with Crippen LogP contribution in [0.3, 0.4) is 0 Å². The summed E-state index contributed by atoms with van der Waals surface area (Å²) in [7, 11) is 0. The Balaban J connectivity index is 0.000000752. The second-order valence-corrected chi connectivity index (χ2v) is 13.6. The van der Waals surface area contributed by atoms with Crippen molar-refractivity contribution in [3.63, 3.8) is 0 Å². The van der Waals surface area contributed by atoms with E-state index in [1.54, 1.807) is 20.8 Å². The molecule has 3 N–H and O–H groups in total. The fourth-order valence-corrected chi connectivity index (χ4v) is 6.61. The van der Waals surface area contributed by atoms with Gasteiger partial charge in [-0.1, -0.05) is 82.0 Å². The predicted octanol–water partition coefficient (Wildman–Crippen LogP) is 8.28. The molecule has 46 heavy (non-hydrogen) atoms. The zero-order chi connectivity index (χ0) is 33.9. The normalized spacial score (nSPS) is 15.6. The molecule has 2 fully saturated rings. The highest BCUT2D eigenvalue weighted by Gasteiger charge is 2.40. The molecule has 2 aromatic carbocycles. The standard InChI is InChI=1S/C33H39N3O3.C4H10O.C2H6/c1-23-28(20-29(37)38)31(36-19-18-33(22-36)16-8-3-4-9-17-33)30(24(2)35-23)26-12-14-27(15-13-26)32(39)34-21-25-10-6-5-7-11-25;1-4(2,3)5;1-2/h5-7,10-15H,3-4,8-9,16-22H2,1-2H3,(H,34,39)(H,37,38);5H,1-3H3;1-2H3. The van der Waals surface area contributed by atoms with Crippen molar-refractivity contribution in [2.24, 2.45) is 5.41 Å². The average molecular weight is 630 g/mol. The molecule has 1 aliphatic heterocycles. The third-order valence-electron chi connectivity index (χ3n) is 8.64. The van der Waals surface area contributed by atoms with Gasteiger partial charge in [0.1, 0.15) is 0 Å². The van der Waals surface area contributed by atoms with Gasteiger partial charge in [-0.3, -0.25) is 14.6 Å². The van der Waals surface area contributed by atoms with E-state index in [1.807, 2.05) is 82.3 Å². The van der Waals surface area contributed by atoms with Gasteiger partial charge in [-0.05, 0) is 82.6 Å². The third kappa shape index (κ3) is 10.4. The van der Waals surface area contributed by atoms with Gasteiger partial charge in [0.2, 0.25) is 0 Å². The molecular formula is C39H55N3O4. The minimum atomic E-state index is -0.843. The Morgan fingerprint density at radius 3 is 2.04 bits per heavy atom. The molecule has 0 bridgehead atoms. The third-order valence-corrected chi connectivity index (χ3v) is 8.64. The summed E-state index contributed by atoms with van der Waals surface area (Å²) in [4.78, 5) is 32.0. The van der Waals surface area contributed by atoms with E-state index in [-0.39, 0.29) is 12.3 Å². The van der Waals surface area contributed by atoms with E-state index < -0.39 is 11.6 Å². The van der Waals surface area contributed by atoms with E-state index in [2.05, 4.69) is 10.2 Å². The van der Waals surface area contributed by atoms with Crippen LogP contribution in [0.25, 0.3) is 11.1 Å². The van der Waals surface area contributed by atoms with E-state index in [9.17, 15) is 14.7 Å². The number of rotatable bonds is 7. The Bertz CT molecular complexity index is 1410. The average Bonchev–Trinajstić information content (AvgIpc) is 3.28. The summed E-state index contributed by atoms with van der Waals surface area (Å²) in [6.45, 7) is 15.5. The maximum atomic E-state index is 12.8. The zero-order valence-corrected chi connectivity index (χ0v) is 29.1. The lowest BCUT2D eigenvalue weighted by atomic mass is 9.80. The largest absolute Gasteiger partial charge is 0.481 e. The Labute approximate surface area is 276 Å². The van der Waals surface area contributed by atoms with Gasteiger partial charge in [0, 0.05) is 47.7 Å².